The van der Waals surface area contributed by atoms with Gasteiger partial charge in [0, 0.05) is 0 Å². The van der Waals surface area contributed by atoms with Crippen molar-refractivity contribution in [2.45, 2.75) is 13.3 Å². The fourth-order valence-electron chi connectivity index (χ4n) is 2.00. The number of hydrogen-bond acceptors (Lipinski definition) is 6. The molecule has 0 saturated carbocycles. The van der Waals surface area contributed by atoms with Gasteiger partial charge in [0.1, 0.15) is 0 Å². The Hall–Kier alpha value is 0.298. The van der Waals surface area contributed by atoms with E-state index in [0.717, 1.165) is 43.7 Å². The van der Waals surface area contributed by atoms with Crippen molar-refractivity contribution in [3.63, 3.8) is 0 Å². The molecule has 0 unspecified atom stereocenters. The maximum atomic E-state index is 11.2. The second-order valence-electron chi connectivity index (χ2n) is 8.52. The molecule has 7 nitrogen and oxygen atoms in total. The van der Waals surface area contributed by atoms with E-state index in [-0.39, 0.29) is 12.2 Å². The van der Waals surface area contributed by atoms with E-state index in [1.807, 2.05) is 27.0 Å². The minimum atomic E-state index is -4.01. The van der Waals surface area contributed by atoms with E-state index in [2.05, 4.69) is 47.4 Å². The Kier molecular flexibility index (Phi) is 9.73. The van der Waals surface area contributed by atoms with E-state index < -0.39 is 22.5 Å². The molecule has 0 radical (unpaired) electrons. The molecule has 0 saturated heterocycles. The number of rotatable bonds is 12. The van der Waals surface area contributed by atoms with Gasteiger partial charge in [-0.3, -0.25) is 0 Å². The predicted molar refractivity (Wildman–Crippen MR) is 117 cm³/mol. The molecule has 0 aromatic carbocycles. The van der Waals surface area contributed by atoms with Crippen LogP contribution in [0.1, 0.15) is 11.5 Å². The number of hydrogen-bond donors (Lipinski definition) is 1. The van der Waals surface area contributed by atoms with E-state index in [1.54, 1.807) is 0 Å². The molecule has 0 fully saturated rings. The van der Waals surface area contributed by atoms with Gasteiger partial charge >= 0.3 is 176 Å². The zero-order chi connectivity index (χ0) is 20.9. The fourth-order valence-corrected chi connectivity index (χ4v) is 16.9. The molecule has 1 N–H and O–H groups in total. The number of aromatic nitrogens is 1. The monoisotopic (exact) mass is 503 g/mol. The first-order valence-corrected chi connectivity index (χ1v) is 17.8. The standard InChI is InChI=1S/C16H33AsN3O4S3/c1-14-16(15(18-24-14)8-13-27(21,22)23)17(25-11-9-19(2,3)4)26-12-10-20(5,6)7/h8-13H2,1-7H3/q+1/p+1. The minimum absolute atomic E-state index is 0.197. The van der Waals surface area contributed by atoms with Crippen LogP contribution in [0, 0.1) is 6.92 Å². The number of aryl methyl sites for hydroxylation is 2. The van der Waals surface area contributed by atoms with Gasteiger partial charge in [0.05, 0.1) is 0 Å². The first kappa shape index (κ1) is 25.3. The van der Waals surface area contributed by atoms with Crippen molar-refractivity contribution < 1.29 is 26.5 Å². The molecule has 158 valence electrons. The second-order valence-corrected chi connectivity index (χ2v) is 21.7. The predicted octanol–water partition coefficient (Wildman–Crippen LogP) is 0.987. The molecule has 0 spiro atoms. The van der Waals surface area contributed by atoms with Gasteiger partial charge in [0.25, 0.3) is 0 Å². The van der Waals surface area contributed by atoms with Crippen LogP contribution >= 0.6 is 20.0 Å². The molecule has 1 rings (SSSR count). The summed E-state index contributed by atoms with van der Waals surface area (Å²) in [6, 6.07) is 0. The van der Waals surface area contributed by atoms with Crippen molar-refractivity contribution in [1.82, 2.24) is 5.16 Å². The summed E-state index contributed by atoms with van der Waals surface area (Å²) in [5.41, 5.74) is 0.695. The van der Waals surface area contributed by atoms with Crippen LogP contribution in [0.3, 0.4) is 0 Å². The molecule has 0 aliphatic carbocycles. The zero-order valence-corrected chi connectivity index (χ0v) is 21.8. The van der Waals surface area contributed by atoms with E-state index in [4.69, 9.17) is 9.08 Å². The molecule has 1 aromatic heterocycles. The third-order valence-corrected chi connectivity index (χ3v) is 17.9. The van der Waals surface area contributed by atoms with Crippen molar-refractivity contribution in [1.29, 1.82) is 0 Å². The molecule has 0 bridgehead atoms. The summed E-state index contributed by atoms with van der Waals surface area (Å²) in [5, 5.41) is 4.10. The fraction of sp³-hybridized carbons (Fsp3) is 0.812. The van der Waals surface area contributed by atoms with Crippen molar-refractivity contribution in [3.8, 4) is 0 Å². The van der Waals surface area contributed by atoms with Crippen molar-refractivity contribution in [2.24, 2.45) is 0 Å². The summed E-state index contributed by atoms with van der Waals surface area (Å²) in [5.74, 6) is 2.56. The van der Waals surface area contributed by atoms with Gasteiger partial charge in [-0.05, 0) is 0 Å². The Balaban J connectivity index is 2.94. The summed E-state index contributed by atoms with van der Waals surface area (Å²) < 4.78 is 39.7. The SMILES string of the molecule is Cc1onc(CCS(=O)(=O)O)c1[As](SCC[N+](C)(C)C)SCC[N+](C)(C)C. The molecule has 27 heavy (non-hydrogen) atoms. The van der Waals surface area contributed by atoms with Crippen LogP contribution in [0.25, 0.3) is 0 Å². The van der Waals surface area contributed by atoms with Gasteiger partial charge in [-0.1, -0.05) is 0 Å². The van der Waals surface area contributed by atoms with E-state index in [9.17, 15) is 8.42 Å². The van der Waals surface area contributed by atoms with E-state index >= 15 is 0 Å². The maximum absolute atomic E-state index is 11.2. The van der Waals surface area contributed by atoms with Crippen LogP contribution in [-0.4, -0.2) is 112 Å². The Bertz CT molecular complexity index is 677. The quantitative estimate of drug-likeness (QED) is 0.259. The first-order chi connectivity index (χ1) is 12.2. The first-order valence-electron chi connectivity index (χ1n) is 8.75. The average Bonchev–Trinajstić information content (AvgIpc) is 2.81. The van der Waals surface area contributed by atoms with E-state index in [0.29, 0.717) is 5.69 Å². The van der Waals surface area contributed by atoms with Gasteiger partial charge in [0.2, 0.25) is 0 Å². The molecular weight excluding hydrogens is 469 g/mol. The average molecular weight is 504 g/mol. The topological polar surface area (TPSA) is 80.4 Å². The summed E-state index contributed by atoms with van der Waals surface area (Å²) in [4.78, 5) is 0. The summed E-state index contributed by atoms with van der Waals surface area (Å²) in [6.07, 6.45) is 0.197. The Morgan fingerprint density at radius 3 is 1.93 bits per heavy atom. The normalized spacial score (nSPS) is 13.5. The van der Waals surface area contributed by atoms with Crippen LogP contribution in [0.15, 0.2) is 4.52 Å². The van der Waals surface area contributed by atoms with Gasteiger partial charge in [-0.15, -0.1) is 0 Å². The third kappa shape index (κ3) is 11.2. The van der Waals surface area contributed by atoms with Gasteiger partial charge in [-0.25, -0.2) is 0 Å². The third-order valence-electron chi connectivity index (χ3n) is 3.62. The Morgan fingerprint density at radius 2 is 1.52 bits per heavy atom. The van der Waals surface area contributed by atoms with Crippen LogP contribution < -0.4 is 4.35 Å². The number of nitrogens with zero attached hydrogens (tertiary/aromatic N) is 3. The van der Waals surface area contributed by atoms with Crippen LogP contribution in [0.5, 0.6) is 0 Å². The Labute approximate surface area is 175 Å². The molecular formula is C16H34AsN3O4S3+2. The summed E-state index contributed by atoms with van der Waals surface area (Å²) >= 11 is -1.59. The van der Waals surface area contributed by atoms with Crippen LogP contribution in [-0.2, 0) is 16.5 Å². The summed E-state index contributed by atoms with van der Waals surface area (Å²) in [6.45, 7) is 4.04. The molecule has 0 atom stereocenters. The van der Waals surface area contributed by atoms with Crippen LogP contribution in [0.4, 0.5) is 0 Å². The molecule has 0 aliphatic heterocycles. The number of quaternary nitrogens is 2. The van der Waals surface area contributed by atoms with Gasteiger partial charge in [0.15, 0.2) is 0 Å². The van der Waals surface area contributed by atoms with E-state index in [1.165, 1.54) is 0 Å². The van der Waals surface area contributed by atoms with Crippen molar-refractivity contribution in [3.05, 3.63) is 11.5 Å². The Morgan fingerprint density at radius 1 is 1.04 bits per heavy atom. The van der Waals surface area contributed by atoms with Crippen molar-refractivity contribution >= 4 is 46.9 Å². The molecule has 11 heteroatoms. The molecule has 0 amide bonds. The van der Waals surface area contributed by atoms with Crippen molar-refractivity contribution in [2.75, 3.05) is 72.6 Å². The van der Waals surface area contributed by atoms with Crippen LogP contribution in [0.2, 0.25) is 0 Å². The van der Waals surface area contributed by atoms with Gasteiger partial charge in [-0.2, -0.15) is 0 Å². The zero-order valence-electron chi connectivity index (χ0n) is 17.4. The van der Waals surface area contributed by atoms with Gasteiger partial charge < -0.3 is 0 Å². The molecule has 1 aromatic rings. The molecule has 0 aliphatic rings. The summed E-state index contributed by atoms with van der Waals surface area (Å²) in [7, 11) is 13.1. The molecule has 1 heterocycles. The second kappa shape index (κ2) is 10.4.